The van der Waals surface area contributed by atoms with Crippen molar-refractivity contribution in [2.45, 2.75) is 49.3 Å². The number of morpholine rings is 1. The minimum atomic E-state index is -2.12. The number of nitro groups is 1. The smallest absolute Gasteiger partial charge is 0.421 e. The van der Waals surface area contributed by atoms with Crippen molar-refractivity contribution in [2.24, 2.45) is 5.92 Å². The molecule has 0 aliphatic carbocycles. The lowest BCUT2D eigenvalue weighted by Gasteiger charge is -2.46. The molecular formula is C66H60N6O12. The number of amides is 3. The van der Waals surface area contributed by atoms with E-state index in [1.165, 1.54) is 24.3 Å². The van der Waals surface area contributed by atoms with Gasteiger partial charge >= 0.3 is 12.1 Å². The number of nitrogens with zero attached hydrogens (tertiary/aromatic N) is 6. The average molecular weight is 1130 g/mol. The number of benzene rings is 7. The third kappa shape index (κ3) is 10.6. The maximum absolute atomic E-state index is 17.0. The van der Waals surface area contributed by atoms with Crippen molar-refractivity contribution in [3.05, 3.63) is 231 Å². The van der Waals surface area contributed by atoms with Gasteiger partial charge in [-0.25, -0.2) is 9.69 Å². The molecule has 12 rings (SSSR count). The minimum absolute atomic E-state index is 0.0545. The molecule has 426 valence electrons. The summed E-state index contributed by atoms with van der Waals surface area (Å²) in [5.41, 5.74) is 2.98. The van der Waals surface area contributed by atoms with Crippen molar-refractivity contribution in [1.82, 2.24) is 19.6 Å². The number of hydrogen-bond donors (Lipinski definition) is 1. The molecule has 3 saturated heterocycles. The lowest BCUT2D eigenvalue weighted by atomic mass is 9.64. The van der Waals surface area contributed by atoms with E-state index in [9.17, 15) is 15.2 Å². The second-order valence-electron chi connectivity index (χ2n) is 21.5. The number of aliphatic hydroxyl groups is 1. The van der Waals surface area contributed by atoms with Crippen LogP contribution in [0, 0.1) is 27.9 Å². The molecule has 84 heavy (non-hydrogen) atoms. The van der Waals surface area contributed by atoms with Crippen LogP contribution in [0.4, 0.5) is 16.2 Å². The van der Waals surface area contributed by atoms with Crippen LogP contribution in [0.1, 0.15) is 62.7 Å². The van der Waals surface area contributed by atoms with Gasteiger partial charge in [0.25, 0.3) is 5.69 Å². The van der Waals surface area contributed by atoms with Crippen LogP contribution < -0.4 is 19.1 Å². The Bertz CT molecular complexity index is 3670. The second-order valence-corrected chi connectivity index (χ2v) is 21.5. The number of fused-ring (bicyclic) bond motifs is 4. The lowest BCUT2D eigenvalue weighted by molar-refractivity contribution is -0.384. The Morgan fingerprint density at radius 3 is 2.17 bits per heavy atom. The summed E-state index contributed by atoms with van der Waals surface area (Å²) in [6.07, 6.45) is -2.04. The number of carbonyl (C=O) groups excluding carboxylic acids is 4. The number of aliphatic hydroxyl groups excluding tert-OH is 1. The van der Waals surface area contributed by atoms with Crippen LogP contribution in [-0.4, -0.2) is 119 Å². The molecule has 5 aliphatic rings. The number of anilines is 1. The SMILES string of the molecule is CN(CC#Cc1ccc2c(c1)[C@]1(C(=O)N2C(=O)OCc2ccc([N+](=O)[O-])cc2)[C@H](C(=O)N2CCN(Cc3ccc4c(c3)OCO4)CC2)[C@H]2C(=O)O[C@H](c3ccccc3)[C@H](c3ccccc3)N2[C@@H]1c1cccc(OCCO)c1)Cc1ccccc1. The first-order valence-electron chi connectivity index (χ1n) is 27.9. The summed E-state index contributed by atoms with van der Waals surface area (Å²) in [4.78, 5) is 84.7. The summed E-state index contributed by atoms with van der Waals surface area (Å²) in [7, 11) is 1.97. The van der Waals surface area contributed by atoms with Gasteiger partial charge in [0.05, 0.1) is 41.8 Å². The number of cyclic esters (lactones) is 1. The molecule has 1 N–H and O–H groups in total. The van der Waals surface area contributed by atoms with E-state index in [1.54, 1.807) is 41.3 Å². The van der Waals surface area contributed by atoms with E-state index in [1.807, 2.05) is 127 Å². The monoisotopic (exact) mass is 1130 g/mol. The number of non-ortho nitro benzene ring substituents is 1. The predicted octanol–water partition coefficient (Wildman–Crippen LogP) is 8.52. The van der Waals surface area contributed by atoms with E-state index in [0.29, 0.717) is 72.2 Å². The molecule has 0 unspecified atom stereocenters. The molecule has 0 aromatic heterocycles. The van der Waals surface area contributed by atoms with Crippen LogP contribution >= 0.6 is 0 Å². The Balaban J connectivity index is 1.04. The number of piperazine rings is 1. The topological polar surface area (TPSA) is 194 Å². The summed E-state index contributed by atoms with van der Waals surface area (Å²) in [6.45, 7) is 2.33. The minimum Gasteiger partial charge on any atom is -0.491 e. The molecule has 7 aromatic rings. The summed E-state index contributed by atoms with van der Waals surface area (Å²) in [5, 5.41) is 21.6. The largest absolute Gasteiger partial charge is 0.491 e. The number of esters is 1. The van der Waals surface area contributed by atoms with Gasteiger partial charge in [0.1, 0.15) is 36.5 Å². The summed E-state index contributed by atoms with van der Waals surface area (Å²) in [5.74, 6) is 4.72. The van der Waals surface area contributed by atoms with Crippen molar-refractivity contribution in [3.8, 4) is 29.1 Å². The standard InChI is InChI=1S/C66H60N6O12/c1-67(40-45-13-5-2-6-14-45)30-12-15-44-24-28-54-53(37-44)66(64(76)70(54)65(77)81-42-46-22-26-51(27-23-46)72(78)79)57(62(74)69-33-31-68(32-34-69)41-47-25-29-55-56(38-47)83-43-82-55)59-63(75)84-60(49-18-9-4-10-19-49)58(48-16-7-3-8-17-48)71(59)61(66)50-20-11-21-52(39-50)80-36-35-73/h2-11,13-14,16-29,37-39,57-61,73H,30-36,40-43H2,1H3/t57-,58-,59-,60+,61+,66-/m0/s1. The van der Waals surface area contributed by atoms with Gasteiger partial charge in [-0.1, -0.05) is 121 Å². The molecule has 0 radical (unpaired) electrons. The van der Waals surface area contributed by atoms with Crippen molar-refractivity contribution < 1.29 is 52.9 Å². The molecule has 5 heterocycles. The first-order valence-corrected chi connectivity index (χ1v) is 27.9. The van der Waals surface area contributed by atoms with Gasteiger partial charge in [-0.3, -0.25) is 39.2 Å². The molecule has 0 bridgehead atoms. The highest BCUT2D eigenvalue weighted by Crippen LogP contribution is 2.66. The molecular weight excluding hydrogens is 1070 g/mol. The summed E-state index contributed by atoms with van der Waals surface area (Å²) >= 11 is 0. The van der Waals surface area contributed by atoms with Gasteiger partial charge in [0.15, 0.2) is 11.5 Å². The fourth-order valence-corrected chi connectivity index (χ4v) is 12.7. The summed E-state index contributed by atoms with van der Waals surface area (Å²) in [6, 6.07) is 48.9. The zero-order chi connectivity index (χ0) is 57.9. The quantitative estimate of drug-likeness (QED) is 0.0444. The van der Waals surface area contributed by atoms with Crippen LogP contribution in [0.2, 0.25) is 0 Å². The maximum atomic E-state index is 17.0. The Morgan fingerprint density at radius 2 is 1.44 bits per heavy atom. The normalized spacial score (nSPS) is 21.6. The Kier molecular flexibility index (Phi) is 15.7. The average Bonchev–Trinajstić information content (AvgIpc) is 1.54. The highest BCUT2D eigenvalue weighted by molar-refractivity contribution is 6.23. The summed E-state index contributed by atoms with van der Waals surface area (Å²) < 4.78 is 30.1. The fourth-order valence-electron chi connectivity index (χ4n) is 12.7. The molecule has 1 spiro atoms. The van der Waals surface area contributed by atoms with Crippen molar-refractivity contribution in [1.29, 1.82) is 0 Å². The first kappa shape index (κ1) is 55.2. The van der Waals surface area contributed by atoms with Crippen molar-refractivity contribution in [3.63, 3.8) is 0 Å². The Hall–Kier alpha value is -9.38. The van der Waals surface area contributed by atoms with Crippen LogP contribution in [0.15, 0.2) is 176 Å². The zero-order valence-electron chi connectivity index (χ0n) is 46.0. The molecule has 18 heteroatoms. The maximum Gasteiger partial charge on any atom is 0.421 e. The van der Waals surface area contributed by atoms with Gasteiger partial charge in [0.2, 0.25) is 18.6 Å². The van der Waals surface area contributed by atoms with Gasteiger partial charge in [-0.15, -0.1) is 0 Å². The number of imide groups is 1. The third-order valence-corrected chi connectivity index (χ3v) is 16.4. The van der Waals surface area contributed by atoms with Crippen LogP contribution in [0.5, 0.6) is 17.2 Å². The Morgan fingerprint density at radius 1 is 0.750 bits per heavy atom. The van der Waals surface area contributed by atoms with E-state index < -0.39 is 64.4 Å². The second kappa shape index (κ2) is 23.8. The molecule has 0 saturated carbocycles. The molecule has 5 aliphatic heterocycles. The van der Waals surface area contributed by atoms with E-state index in [2.05, 4.69) is 21.6 Å². The molecule has 18 nitrogen and oxygen atoms in total. The van der Waals surface area contributed by atoms with Crippen LogP contribution in [-0.2, 0) is 49.0 Å². The van der Waals surface area contributed by atoms with Crippen LogP contribution in [0.25, 0.3) is 0 Å². The molecule has 3 amide bonds. The number of hydrogen-bond acceptors (Lipinski definition) is 15. The number of carbonyl (C=O) groups is 4. The van der Waals surface area contributed by atoms with E-state index in [0.717, 1.165) is 21.6 Å². The molecule has 7 aromatic carbocycles. The van der Waals surface area contributed by atoms with Gasteiger partial charge in [-0.2, -0.15) is 0 Å². The van der Waals surface area contributed by atoms with E-state index in [4.69, 9.17) is 23.7 Å². The number of nitro benzene ring substituents is 1. The molecule has 6 atom stereocenters. The Labute approximate surface area is 485 Å². The van der Waals surface area contributed by atoms with Gasteiger partial charge in [0, 0.05) is 57.0 Å². The van der Waals surface area contributed by atoms with E-state index >= 15 is 19.2 Å². The first-order chi connectivity index (χ1) is 41.0. The zero-order valence-corrected chi connectivity index (χ0v) is 46.0. The highest BCUT2D eigenvalue weighted by atomic mass is 16.7. The predicted molar refractivity (Wildman–Crippen MR) is 308 cm³/mol. The van der Waals surface area contributed by atoms with Gasteiger partial charge < -0.3 is 33.7 Å². The van der Waals surface area contributed by atoms with Gasteiger partial charge in [-0.05, 0) is 101 Å². The highest BCUT2D eigenvalue weighted by Gasteiger charge is 2.76. The third-order valence-electron chi connectivity index (χ3n) is 16.4. The van der Waals surface area contributed by atoms with Crippen LogP contribution in [0.3, 0.4) is 0 Å². The van der Waals surface area contributed by atoms with Crippen molar-refractivity contribution in [2.75, 3.05) is 64.7 Å². The lowest BCUT2D eigenvalue weighted by Crippen LogP contribution is -2.59. The van der Waals surface area contributed by atoms with Crippen molar-refractivity contribution >= 4 is 35.3 Å². The number of ether oxygens (including phenoxy) is 5. The molecule has 3 fully saturated rings. The van der Waals surface area contributed by atoms with E-state index in [-0.39, 0.29) is 56.6 Å². The fraction of sp³-hybridized carbons (Fsp3) is 0.273. The number of rotatable bonds is 15.